The minimum atomic E-state index is 0.449. The fourth-order valence-electron chi connectivity index (χ4n) is 1.69. The Kier molecular flexibility index (Phi) is 2.87. The molecule has 0 aliphatic carbocycles. The van der Waals surface area contributed by atoms with E-state index in [-0.39, 0.29) is 0 Å². The van der Waals surface area contributed by atoms with Gasteiger partial charge in [-0.3, -0.25) is 4.57 Å². The molecule has 0 unspecified atom stereocenters. The number of hydrogen-bond donors (Lipinski definition) is 1. The zero-order chi connectivity index (χ0) is 12.4. The van der Waals surface area contributed by atoms with E-state index in [0.717, 1.165) is 22.2 Å². The summed E-state index contributed by atoms with van der Waals surface area (Å²) in [5.74, 6) is 0.733. The number of nitrogens with two attached hydrogens (primary N) is 1. The molecule has 6 heteroatoms. The summed E-state index contributed by atoms with van der Waals surface area (Å²) >= 11 is 1.53. The Morgan fingerprint density at radius 3 is 2.78 bits per heavy atom. The summed E-state index contributed by atoms with van der Waals surface area (Å²) in [5, 5.41) is 10.9. The van der Waals surface area contributed by atoms with Crippen LogP contribution in [0.2, 0.25) is 0 Å². The highest BCUT2D eigenvalue weighted by molar-refractivity contribution is 7.09. The molecule has 0 saturated heterocycles. The van der Waals surface area contributed by atoms with Gasteiger partial charge < -0.3 is 5.73 Å². The van der Waals surface area contributed by atoms with Crippen molar-refractivity contribution in [3.05, 3.63) is 47.0 Å². The largest absolute Gasteiger partial charge is 0.325 e. The lowest BCUT2D eigenvalue weighted by molar-refractivity contribution is 1.01. The molecule has 0 aliphatic rings. The molecule has 2 heterocycles. The Morgan fingerprint density at radius 1 is 1.22 bits per heavy atom. The van der Waals surface area contributed by atoms with Crippen molar-refractivity contribution in [1.29, 1.82) is 0 Å². The predicted octanol–water partition coefficient (Wildman–Crippen LogP) is 1.85. The third-order valence-electron chi connectivity index (χ3n) is 2.54. The average Bonchev–Trinajstić information content (AvgIpc) is 3.08. The van der Waals surface area contributed by atoms with Crippen molar-refractivity contribution in [2.75, 3.05) is 0 Å². The van der Waals surface area contributed by atoms with Crippen LogP contribution in [0.1, 0.15) is 5.01 Å². The summed E-state index contributed by atoms with van der Waals surface area (Å²) in [7, 11) is 0. The zero-order valence-corrected chi connectivity index (χ0v) is 10.3. The van der Waals surface area contributed by atoms with Crippen LogP contribution in [0.3, 0.4) is 0 Å². The second-order valence-corrected chi connectivity index (χ2v) is 4.63. The van der Waals surface area contributed by atoms with E-state index in [1.165, 1.54) is 11.3 Å². The predicted molar refractivity (Wildman–Crippen MR) is 70.4 cm³/mol. The first-order valence-electron chi connectivity index (χ1n) is 5.49. The zero-order valence-electron chi connectivity index (χ0n) is 9.52. The van der Waals surface area contributed by atoms with Gasteiger partial charge in [0.15, 0.2) is 5.82 Å². The van der Waals surface area contributed by atoms with Gasteiger partial charge in [-0.25, -0.2) is 4.98 Å². The van der Waals surface area contributed by atoms with Crippen LogP contribution in [0.25, 0.3) is 17.2 Å². The molecule has 5 nitrogen and oxygen atoms in total. The van der Waals surface area contributed by atoms with Gasteiger partial charge in [0.25, 0.3) is 0 Å². The SMILES string of the molecule is NCc1nc(-c2nncn2-c2ccccc2)cs1. The maximum atomic E-state index is 5.57. The first-order chi connectivity index (χ1) is 8.88. The fourth-order valence-corrected chi connectivity index (χ4v) is 2.35. The van der Waals surface area contributed by atoms with Crippen LogP contribution in [0.5, 0.6) is 0 Å². The molecule has 0 aliphatic heterocycles. The Balaban J connectivity index is 2.07. The van der Waals surface area contributed by atoms with E-state index >= 15 is 0 Å². The Labute approximate surface area is 108 Å². The third kappa shape index (κ3) is 1.92. The van der Waals surface area contributed by atoms with Crippen molar-refractivity contribution in [2.24, 2.45) is 5.73 Å². The normalized spacial score (nSPS) is 10.7. The highest BCUT2D eigenvalue weighted by Crippen LogP contribution is 2.22. The van der Waals surface area contributed by atoms with Gasteiger partial charge in [-0.15, -0.1) is 21.5 Å². The molecule has 0 bridgehead atoms. The molecule has 0 atom stereocenters. The molecule has 0 spiro atoms. The third-order valence-corrected chi connectivity index (χ3v) is 3.41. The van der Waals surface area contributed by atoms with E-state index in [0.29, 0.717) is 6.54 Å². The van der Waals surface area contributed by atoms with Crippen LogP contribution in [-0.2, 0) is 6.54 Å². The first kappa shape index (κ1) is 11.1. The van der Waals surface area contributed by atoms with E-state index in [9.17, 15) is 0 Å². The van der Waals surface area contributed by atoms with E-state index in [2.05, 4.69) is 15.2 Å². The van der Waals surface area contributed by atoms with Crippen molar-refractivity contribution < 1.29 is 0 Å². The monoisotopic (exact) mass is 257 g/mol. The van der Waals surface area contributed by atoms with Gasteiger partial charge >= 0.3 is 0 Å². The molecular formula is C12H11N5S. The Hall–Kier alpha value is -2.05. The smallest absolute Gasteiger partial charge is 0.187 e. The van der Waals surface area contributed by atoms with Gasteiger partial charge in [0.1, 0.15) is 17.0 Å². The Morgan fingerprint density at radius 2 is 2.06 bits per heavy atom. The summed E-state index contributed by atoms with van der Waals surface area (Å²) in [4.78, 5) is 4.43. The van der Waals surface area contributed by atoms with Gasteiger partial charge in [0.2, 0.25) is 0 Å². The molecule has 0 saturated carbocycles. The van der Waals surface area contributed by atoms with Crippen molar-refractivity contribution in [1.82, 2.24) is 19.7 Å². The lowest BCUT2D eigenvalue weighted by atomic mass is 10.3. The highest BCUT2D eigenvalue weighted by Gasteiger charge is 2.11. The molecule has 2 aromatic heterocycles. The number of aromatic nitrogens is 4. The van der Waals surface area contributed by atoms with E-state index in [4.69, 9.17) is 5.73 Å². The molecule has 0 radical (unpaired) electrons. The van der Waals surface area contributed by atoms with Gasteiger partial charge in [-0.2, -0.15) is 0 Å². The van der Waals surface area contributed by atoms with Crippen LogP contribution in [0, 0.1) is 0 Å². The molecule has 3 aromatic rings. The number of para-hydroxylation sites is 1. The van der Waals surface area contributed by atoms with Gasteiger partial charge in [0.05, 0.1) is 0 Å². The first-order valence-corrected chi connectivity index (χ1v) is 6.37. The van der Waals surface area contributed by atoms with Crippen LogP contribution >= 0.6 is 11.3 Å². The van der Waals surface area contributed by atoms with Crippen molar-refractivity contribution >= 4 is 11.3 Å². The molecule has 3 rings (SSSR count). The number of rotatable bonds is 3. The lowest BCUT2D eigenvalue weighted by Gasteiger charge is -2.03. The fraction of sp³-hybridized carbons (Fsp3) is 0.0833. The van der Waals surface area contributed by atoms with Crippen molar-refractivity contribution in [2.45, 2.75) is 6.54 Å². The minimum absolute atomic E-state index is 0.449. The summed E-state index contributed by atoms with van der Waals surface area (Å²) < 4.78 is 1.91. The summed E-state index contributed by atoms with van der Waals surface area (Å²) in [5.41, 5.74) is 7.39. The van der Waals surface area contributed by atoms with Crippen molar-refractivity contribution in [3.8, 4) is 17.2 Å². The molecule has 1 aromatic carbocycles. The van der Waals surface area contributed by atoms with Gasteiger partial charge in [-0.1, -0.05) is 18.2 Å². The standard InChI is InChI=1S/C12H11N5S/c13-6-11-15-10(7-18-11)12-16-14-8-17(12)9-4-2-1-3-5-9/h1-5,7-8H,6,13H2. The maximum Gasteiger partial charge on any atom is 0.187 e. The molecular weight excluding hydrogens is 246 g/mol. The molecule has 0 fully saturated rings. The number of benzene rings is 1. The van der Waals surface area contributed by atoms with Crippen LogP contribution in [0.15, 0.2) is 42.0 Å². The number of hydrogen-bond acceptors (Lipinski definition) is 5. The van der Waals surface area contributed by atoms with Gasteiger partial charge in [0, 0.05) is 17.6 Å². The summed E-state index contributed by atoms with van der Waals surface area (Å²) in [6.07, 6.45) is 1.69. The second kappa shape index (κ2) is 4.67. The average molecular weight is 257 g/mol. The summed E-state index contributed by atoms with van der Waals surface area (Å²) in [6.45, 7) is 0.449. The topological polar surface area (TPSA) is 69.6 Å². The van der Waals surface area contributed by atoms with Crippen LogP contribution in [-0.4, -0.2) is 19.7 Å². The second-order valence-electron chi connectivity index (χ2n) is 3.69. The molecule has 0 amide bonds. The number of nitrogens with zero attached hydrogens (tertiary/aromatic N) is 4. The van der Waals surface area contributed by atoms with Crippen molar-refractivity contribution in [3.63, 3.8) is 0 Å². The number of thiazole rings is 1. The van der Waals surface area contributed by atoms with Crippen LogP contribution in [0.4, 0.5) is 0 Å². The highest BCUT2D eigenvalue weighted by atomic mass is 32.1. The minimum Gasteiger partial charge on any atom is -0.325 e. The summed E-state index contributed by atoms with van der Waals surface area (Å²) in [6, 6.07) is 9.94. The molecule has 90 valence electrons. The maximum absolute atomic E-state index is 5.57. The molecule has 2 N–H and O–H groups in total. The van der Waals surface area contributed by atoms with Crippen LogP contribution < -0.4 is 5.73 Å². The lowest BCUT2D eigenvalue weighted by Crippen LogP contribution is -1.98. The quantitative estimate of drug-likeness (QED) is 0.777. The van der Waals surface area contributed by atoms with Gasteiger partial charge in [-0.05, 0) is 12.1 Å². The Bertz CT molecular complexity index is 643. The van der Waals surface area contributed by atoms with E-state index in [1.807, 2.05) is 40.3 Å². The van der Waals surface area contributed by atoms with E-state index < -0.39 is 0 Å². The molecule has 18 heavy (non-hydrogen) atoms. The van der Waals surface area contributed by atoms with E-state index in [1.54, 1.807) is 6.33 Å².